The average Bonchev–Trinajstić information content (AvgIpc) is 3.21. The highest BCUT2D eigenvalue weighted by Gasteiger charge is 2.37. The molecule has 0 unspecified atom stereocenters. The van der Waals surface area contributed by atoms with Crippen molar-refractivity contribution >= 4 is 29.0 Å². The molecule has 0 N–H and O–H groups in total. The van der Waals surface area contributed by atoms with Gasteiger partial charge in [-0.3, -0.25) is 14.5 Å². The fourth-order valence-corrected chi connectivity index (χ4v) is 3.04. The molecule has 1 aromatic heterocycles. The number of nitrogens with zero attached hydrogens (tertiary/aromatic N) is 3. The van der Waals surface area contributed by atoms with Gasteiger partial charge in [-0.05, 0) is 42.8 Å². The number of amides is 1. The van der Waals surface area contributed by atoms with Crippen LogP contribution in [0.3, 0.4) is 0 Å². The Bertz CT molecular complexity index is 1030. The monoisotopic (exact) mass is 383 g/mol. The lowest BCUT2D eigenvalue weighted by Crippen LogP contribution is -2.29. The van der Waals surface area contributed by atoms with Crippen LogP contribution in [-0.4, -0.2) is 21.9 Å². The predicted molar refractivity (Wildman–Crippen MR) is 96.8 cm³/mol. The summed E-state index contributed by atoms with van der Waals surface area (Å²) in [5.41, 5.74) is 1.81. The van der Waals surface area contributed by atoms with Gasteiger partial charge in [0.15, 0.2) is 6.61 Å². The summed E-state index contributed by atoms with van der Waals surface area (Å²) in [5, 5.41) is 8.48. The number of aromatic nitrogens is 2. The van der Waals surface area contributed by atoms with Crippen LogP contribution >= 0.6 is 11.6 Å². The second-order valence-corrected chi connectivity index (χ2v) is 6.46. The topological polar surface area (TPSA) is 85.5 Å². The van der Waals surface area contributed by atoms with E-state index in [0.29, 0.717) is 22.0 Å². The minimum atomic E-state index is -0.600. The third kappa shape index (κ3) is 3.29. The average molecular weight is 384 g/mol. The summed E-state index contributed by atoms with van der Waals surface area (Å²) < 4.78 is 11.1. The van der Waals surface area contributed by atoms with Crippen molar-refractivity contribution in [3.8, 4) is 5.75 Å². The van der Waals surface area contributed by atoms with Crippen LogP contribution in [0.15, 0.2) is 46.9 Å². The third-order valence-electron chi connectivity index (χ3n) is 4.17. The van der Waals surface area contributed by atoms with Gasteiger partial charge in [-0.25, -0.2) is 0 Å². The maximum absolute atomic E-state index is 12.3. The largest absolute Gasteiger partial charge is 0.484 e. The first-order valence-electron chi connectivity index (χ1n) is 8.18. The Morgan fingerprint density at radius 1 is 1.07 bits per heavy atom. The Kier molecular flexibility index (Phi) is 4.37. The van der Waals surface area contributed by atoms with Crippen molar-refractivity contribution in [1.29, 1.82) is 0 Å². The first-order valence-corrected chi connectivity index (χ1v) is 8.56. The normalized spacial score (nSPS) is 13.2. The van der Waals surface area contributed by atoms with E-state index in [1.54, 1.807) is 36.4 Å². The number of ether oxygens (including phenoxy) is 1. The van der Waals surface area contributed by atoms with Crippen LogP contribution in [0.4, 0.5) is 5.69 Å². The number of anilines is 1. The predicted octanol–water partition coefficient (Wildman–Crippen LogP) is 3.34. The van der Waals surface area contributed by atoms with Gasteiger partial charge in [-0.1, -0.05) is 23.7 Å². The molecule has 3 aromatic rings. The number of hydrogen-bond acceptors (Lipinski definition) is 6. The van der Waals surface area contributed by atoms with Crippen LogP contribution in [0, 0.1) is 6.92 Å². The molecular formula is C19H14ClN3O4. The molecule has 0 atom stereocenters. The molecule has 136 valence electrons. The Labute approximate surface area is 159 Å². The van der Waals surface area contributed by atoms with Gasteiger partial charge in [0.25, 0.3) is 17.6 Å². The van der Waals surface area contributed by atoms with Crippen LogP contribution in [0.25, 0.3) is 0 Å². The summed E-state index contributed by atoms with van der Waals surface area (Å²) in [5.74, 6) is -0.0233. The standard InChI is InChI=1S/C19H14ClN3O4/c1-11-3-2-4-14-17(11)23(19(25)18(14)24)9-15-21-22-16(27-15)10-26-13-7-5-12(20)6-8-13/h2-8H,9-10H2,1H3. The number of carbonyl (C=O) groups is 2. The van der Waals surface area contributed by atoms with Gasteiger partial charge < -0.3 is 9.15 Å². The van der Waals surface area contributed by atoms with E-state index in [1.165, 1.54) is 4.90 Å². The van der Waals surface area contributed by atoms with E-state index < -0.39 is 11.7 Å². The zero-order valence-electron chi connectivity index (χ0n) is 14.3. The number of hydrogen-bond donors (Lipinski definition) is 0. The van der Waals surface area contributed by atoms with Gasteiger partial charge in [-0.2, -0.15) is 0 Å². The molecule has 0 spiro atoms. The SMILES string of the molecule is Cc1cccc2c1N(Cc1nnc(COc3ccc(Cl)cc3)o1)C(=O)C2=O. The Balaban J connectivity index is 1.48. The molecule has 0 fully saturated rings. The summed E-state index contributed by atoms with van der Waals surface area (Å²) >= 11 is 5.83. The molecule has 0 bridgehead atoms. The lowest BCUT2D eigenvalue weighted by atomic mass is 10.1. The lowest BCUT2D eigenvalue weighted by molar-refractivity contribution is -0.114. The smallest absolute Gasteiger partial charge is 0.299 e. The second kappa shape index (κ2) is 6.85. The molecule has 0 radical (unpaired) electrons. The van der Waals surface area contributed by atoms with Gasteiger partial charge in [0.1, 0.15) is 12.3 Å². The number of Topliss-reactive ketones (excluding diaryl/α,β-unsaturated/α-hetero) is 1. The summed E-state index contributed by atoms with van der Waals surface area (Å²) in [6.07, 6.45) is 0. The number of ketones is 1. The molecule has 2 heterocycles. The van der Waals surface area contributed by atoms with E-state index in [1.807, 2.05) is 13.0 Å². The molecule has 2 aromatic carbocycles. The molecule has 1 amide bonds. The van der Waals surface area contributed by atoms with E-state index in [4.69, 9.17) is 20.8 Å². The Hall–Kier alpha value is -3.19. The summed E-state index contributed by atoms with van der Waals surface area (Å²) in [6, 6.07) is 12.1. The molecule has 4 rings (SSSR count). The minimum Gasteiger partial charge on any atom is -0.484 e. The van der Waals surface area contributed by atoms with Gasteiger partial charge in [0.05, 0.1) is 11.3 Å². The van der Waals surface area contributed by atoms with Crippen molar-refractivity contribution in [3.63, 3.8) is 0 Å². The van der Waals surface area contributed by atoms with Gasteiger partial charge >= 0.3 is 0 Å². The molecular weight excluding hydrogens is 370 g/mol. The second-order valence-electron chi connectivity index (χ2n) is 6.02. The van der Waals surface area contributed by atoms with Crippen molar-refractivity contribution in [2.45, 2.75) is 20.1 Å². The minimum absolute atomic E-state index is 0.0242. The third-order valence-corrected chi connectivity index (χ3v) is 4.42. The van der Waals surface area contributed by atoms with Crippen molar-refractivity contribution in [1.82, 2.24) is 10.2 Å². The molecule has 1 aliphatic rings. The van der Waals surface area contributed by atoms with Gasteiger partial charge in [0, 0.05) is 5.02 Å². The number of rotatable bonds is 5. The lowest BCUT2D eigenvalue weighted by Gasteiger charge is -2.15. The fraction of sp³-hybridized carbons (Fsp3) is 0.158. The van der Waals surface area contributed by atoms with Crippen LogP contribution in [0.5, 0.6) is 5.75 Å². The molecule has 1 aliphatic heterocycles. The quantitative estimate of drug-likeness (QED) is 0.628. The number of aryl methyl sites for hydroxylation is 1. The molecule has 8 heteroatoms. The summed E-state index contributed by atoms with van der Waals surface area (Å²) in [7, 11) is 0. The molecule has 0 saturated carbocycles. The van der Waals surface area contributed by atoms with Crippen LogP contribution < -0.4 is 9.64 Å². The highest BCUT2D eigenvalue weighted by atomic mass is 35.5. The zero-order valence-corrected chi connectivity index (χ0v) is 15.1. The maximum atomic E-state index is 12.3. The first-order chi connectivity index (χ1) is 13.0. The van der Waals surface area contributed by atoms with E-state index in [2.05, 4.69) is 10.2 Å². The zero-order chi connectivity index (χ0) is 19.0. The number of halogens is 1. The fourth-order valence-electron chi connectivity index (χ4n) is 2.91. The molecule has 0 aliphatic carbocycles. The van der Waals surface area contributed by atoms with Gasteiger partial charge in [-0.15, -0.1) is 10.2 Å². The molecule has 27 heavy (non-hydrogen) atoms. The Morgan fingerprint density at radius 3 is 2.59 bits per heavy atom. The first kappa shape index (κ1) is 17.2. The molecule has 7 nitrogen and oxygen atoms in total. The summed E-state index contributed by atoms with van der Waals surface area (Å²) in [6.45, 7) is 1.95. The van der Waals surface area contributed by atoms with E-state index >= 15 is 0 Å². The van der Waals surface area contributed by atoms with Crippen LogP contribution in [0.1, 0.15) is 27.7 Å². The van der Waals surface area contributed by atoms with Crippen LogP contribution in [0.2, 0.25) is 5.02 Å². The highest BCUT2D eigenvalue weighted by Crippen LogP contribution is 2.33. The number of fused-ring (bicyclic) bond motifs is 1. The molecule has 0 saturated heterocycles. The van der Waals surface area contributed by atoms with E-state index in [9.17, 15) is 9.59 Å². The Morgan fingerprint density at radius 2 is 1.81 bits per heavy atom. The number of benzene rings is 2. The van der Waals surface area contributed by atoms with Crippen molar-refractivity contribution in [3.05, 3.63) is 70.4 Å². The number of para-hydroxylation sites is 1. The van der Waals surface area contributed by atoms with Crippen LogP contribution in [-0.2, 0) is 17.9 Å². The van der Waals surface area contributed by atoms with E-state index in [0.717, 1.165) is 5.56 Å². The summed E-state index contributed by atoms with van der Waals surface area (Å²) in [4.78, 5) is 25.8. The van der Waals surface area contributed by atoms with E-state index in [-0.39, 0.29) is 24.9 Å². The van der Waals surface area contributed by atoms with Gasteiger partial charge in [0.2, 0.25) is 5.89 Å². The van der Waals surface area contributed by atoms with Crippen molar-refractivity contribution in [2.75, 3.05) is 4.90 Å². The number of carbonyl (C=O) groups excluding carboxylic acids is 2. The van der Waals surface area contributed by atoms with Crippen molar-refractivity contribution in [2.24, 2.45) is 0 Å². The highest BCUT2D eigenvalue weighted by molar-refractivity contribution is 6.52. The maximum Gasteiger partial charge on any atom is 0.299 e. The van der Waals surface area contributed by atoms with Crippen molar-refractivity contribution < 1.29 is 18.7 Å².